The second kappa shape index (κ2) is 8.84. The van der Waals surface area contributed by atoms with Crippen molar-refractivity contribution in [2.75, 3.05) is 20.8 Å². The molecule has 0 atom stereocenters. The minimum atomic E-state index is -0.922. The third-order valence-electron chi connectivity index (χ3n) is 3.61. The largest absolute Gasteiger partial charge is 0.482 e. The van der Waals surface area contributed by atoms with E-state index in [-0.39, 0.29) is 12.2 Å². The third-order valence-corrected chi connectivity index (χ3v) is 3.61. The zero-order chi connectivity index (χ0) is 18.2. The Kier molecular flexibility index (Phi) is 6.54. The highest BCUT2D eigenvalue weighted by molar-refractivity contribution is 5.87. The van der Waals surface area contributed by atoms with Crippen molar-refractivity contribution in [3.05, 3.63) is 65.2 Å². The van der Waals surface area contributed by atoms with Gasteiger partial charge in [-0.15, -0.1) is 0 Å². The highest BCUT2D eigenvalue weighted by atomic mass is 16.6. The summed E-state index contributed by atoms with van der Waals surface area (Å²) in [4.78, 5) is 24.0. The van der Waals surface area contributed by atoms with Gasteiger partial charge in [0.05, 0.1) is 12.7 Å². The van der Waals surface area contributed by atoms with Crippen molar-refractivity contribution in [2.24, 2.45) is 0 Å². The number of esters is 1. The van der Waals surface area contributed by atoms with Crippen molar-refractivity contribution in [1.82, 2.24) is 4.90 Å². The minimum Gasteiger partial charge on any atom is -0.482 e. The van der Waals surface area contributed by atoms with Gasteiger partial charge >= 0.3 is 11.9 Å². The van der Waals surface area contributed by atoms with E-state index in [2.05, 4.69) is 9.64 Å². The fourth-order valence-corrected chi connectivity index (χ4v) is 2.32. The van der Waals surface area contributed by atoms with Crippen LogP contribution in [-0.2, 0) is 22.6 Å². The van der Waals surface area contributed by atoms with E-state index in [0.29, 0.717) is 12.3 Å². The molecule has 0 aliphatic heterocycles. The minimum absolute atomic E-state index is 0.109. The average Bonchev–Trinajstić information content (AvgIpc) is 2.61. The number of carboxylic acid groups (broad SMARTS) is 1. The van der Waals surface area contributed by atoms with Gasteiger partial charge in [-0.3, -0.25) is 4.90 Å². The van der Waals surface area contributed by atoms with Gasteiger partial charge in [0.15, 0.2) is 6.61 Å². The van der Waals surface area contributed by atoms with Crippen molar-refractivity contribution in [1.29, 1.82) is 0 Å². The molecule has 2 aromatic carbocycles. The fourth-order valence-electron chi connectivity index (χ4n) is 2.32. The number of benzene rings is 2. The summed E-state index contributed by atoms with van der Waals surface area (Å²) in [6, 6.07) is 14.4. The van der Waals surface area contributed by atoms with Crippen molar-refractivity contribution in [3.8, 4) is 5.75 Å². The molecule has 0 amide bonds. The lowest BCUT2D eigenvalue weighted by Gasteiger charge is -2.17. The van der Waals surface area contributed by atoms with Crippen LogP contribution in [0.15, 0.2) is 48.5 Å². The van der Waals surface area contributed by atoms with Crippen molar-refractivity contribution in [3.63, 3.8) is 0 Å². The fraction of sp³-hybridized carbons (Fsp3) is 0.263. The van der Waals surface area contributed by atoms with Crippen molar-refractivity contribution < 1.29 is 24.2 Å². The van der Waals surface area contributed by atoms with E-state index >= 15 is 0 Å². The molecule has 0 radical (unpaired) electrons. The van der Waals surface area contributed by atoms with E-state index in [0.717, 1.165) is 17.7 Å². The van der Waals surface area contributed by atoms with E-state index in [1.54, 1.807) is 12.1 Å². The first-order valence-electron chi connectivity index (χ1n) is 7.77. The Bertz CT molecular complexity index is 710. The molecule has 1 N–H and O–H groups in total. The molecule has 0 spiro atoms. The van der Waals surface area contributed by atoms with E-state index in [1.165, 1.54) is 7.11 Å². The van der Waals surface area contributed by atoms with Gasteiger partial charge in [-0.05, 0) is 42.4 Å². The van der Waals surface area contributed by atoms with E-state index in [1.807, 2.05) is 43.4 Å². The van der Waals surface area contributed by atoms with Crippen molar-refractivity contribution >= 4 is 11.9 Å². The molecule has 0 bridgehead atoms. The number of methoxy groups -OCH3 is 1. The van der Waals surface area contributed by atoms with Gasteiger partial charge in [-0.25, -0.2) is 9.59 Å². The van der Waals surface area contributed by atoms with E-state index in [4.69, 9.17) is 9.84 Å². The number of aromatic carboxylic acids is 1. The molecule has 25 heavy (non-hydrogen) atoms. The molecule has 2 rings (SSSR count). The van der Waals surface area contributed by atoms with Gasteiger partial charge in [0.2, 0.25) is 0 Å². The summed E-state index contributed by atoms with van der Waals surface area (Å²) in [6.07, 6.45) is 0. The first-order chi connectivity index (χ1) is 12.0. The van der Waals surface area contributed by atoms with Crippen LogP contribution in [0.5, 0.6) is 5.75 Å². The maximum atomic E-state index is 11.0. The lowest BCUT2D eigenvalue weighted by Crippen LogP contribution is -2.17. The Balaban J connectivity index is 1.86. The lowest BCUT2D eigenvalue weighted by atomic mass is 10.1. The Morgan fingerprint density at radius 2 is 1.48 bits per heavy atom. The van der Waals surface area contributed by atoms with Gasteiger partial charge in [0, 0.05) is 13.1 Å². The van der Waals surface area contributed by atoms with Crippen LogP contribution in [0.3, 0.4) is 0 Å². The second-order valence-corrected chi connectivity index (χ2v) is 5.68. The predicted molar refractivity (Wildman–Crippen MR) is 92.5 cm³/mol. The molecule has 2 aromatic rings. The summed E-state index contributed by atoms with van der Waals surface area (Å²) >= 11 is 0. The third kappa shape index (κ3) is 5.93. The predicted octanol–water partition coefficient (Wildman–Crippen LogP) is 2.57. The number of carboxylic acids is 1. The molecule has 0 unspecified atom stereocenters. The smallest absolute Gasteiger partial charge is 0.343 e. The monoisotopic (exact) mass is 343 g/mol. The maximum Gasteiger partial charge on any atom is 0.343 e. The highest BCUT2D eigenvalue weighted by Crippen LogP contribution is 2.15. The van der Waals surface area contributed by atoms with Gasteiger partial charge in [0.25, 0.3) is 0 Å². The Hall–Kier alpha value is -2.86. The zero-order valence-electron chi connectivity index (χ0n) is 14.3. The van der Waals surface area contributed by atoms with Crippen LogP contribution in [0.1, 0.15) is 21.5 Å². The number of hydrogen-bond donors (Lipinski definition) is 1. The number of carbonyl (C=O) groups excluding carboxylic acids is 1. The molecular weight excluding hydrogens is 322 g/mol. The quantitative estimate of drug-likeness (QED) is 0.743. The summed E-state index contributed by atoms with van der Waals surface area (Å²) < 4.78 is 9.83. The van der Waals surface area contributed by atoms with Crippen molar-refractivity contribution in [2.45, 2.75) is 13.1 Å². The van der Waals surface area contributed by atoms with Crippen LogP contribution < -0.4 is 4.74 Å². The van der Waals surface area contributed by atoms with Gasteiger partial charge < -0.3 is 14.6 Å². The average molecular weight is 343 g/mol. The topological polar surface area (TPSA) is 76.1 Å². The number of ether oxygens (including phenoxy) is 2. The van der Waals surface area contributed by atoms with Gasteiger partial charge in [0.1, 0.15) is 5.75 Å². The second-order valence-electron chi connectivity index (χ2n) is 5.68. The van der Waals surface area contributed by atoms with E-state index in [9.17, 15) is 9.59 Å². The van der Waals surface area contributed by atoms with E-state index < -0.39 is 11.9 Å². The van der Waals surface area contributed by atoms with Crippen LogP contribution in [0.25, 0.3) is 0 Å². The standard InChI is InChI=1S/C19H21NO5/c1-20(11-14-3-7-16(8-4-14)19(22)23)12-15-5-9-17(10-6-15)25-13-18(21)24-2/h3-10H,11-13H2,1-2H3,(H,22,23). The van der Waals surface area contributed by atoms with Crippen LogP contribution in [-0.4, -0.2) is 42.7 Å². The molecule has 0 aliphatic rings. The molecule has 6 heteroatoms. The van der Waals surface area contributed by atoms with Gasteiger partial charge in [-0.2, -0.15) is 0 Å². The molecule has 0 aromatic heterocycles. The maximum absolute atomic E-state index is 11.0. The molecule has 0 fully saturated rings. The molecule has 6 nitrogen and oxygen atoms in total. The summed E-state index contributed by atoms with van der Waals surface area (Å²) in [6.45, 7) is 1.33. The van der Waals surface area contributed by atoms with Crippen LogP contribution in [0.2, 0.25) is 0 Å². The zero-order valence-corrected chi connectivity index (χ0v) is 14.3. The molecular formula is C19H21NO5. The Morgan fingerprint density at radius 1 is 0.960 bits per heavy atom. The van der Waals surface area contributed by atoms with Crippen LogP contribution in [0.4, 0.5) is 0 Å². The number of nitrogens with zero attached hydrogens (tertiary/aromatic N) is 1. The Labute approximate surface area is 146 Å². The first-order valence-corrected chi connectivity index (χ1v) is 7.77. The molecule has 0 aliphatic carbocycles. The van der Waals surface area contributed by atoms with Crippen LogP contribution in [0, 0.1) is 0 Å². The molecule has 0 heterocycles. The summed E-state index contributed by atoms with van der Waals surface area (Å²) in [5.41, 5.74) is 2.44. The SMILES string of the molecule is COC(=O)COc1ccc(CN(C)Cc2ccc(C(=O)O)cc2)cc1. The van der Waals surface area contributed by atoms with Gasteiger partial charge in [-0.1, -0.05) is 24.3 Å². The summed E-state index contributed by atoms with van der Waals surface area (Å²) in [5.74, 6) is -0.729. The summed E-state index contributed by atoms with van der Waals surface area (Å²) in [7, 11) is 3.31. The normalized spacial score (nSPS) is 10.5. The first kappa shape index (κ1) is 18.5. The number of hydrogen-bond acceptors (Lipinski definition) is 5. The number of carbonyl (C=O) groups is 2. The molecule has 0 saturated heterocycles. The lowest BCUT2D eigenvalue weighted by molar-refractivity contribution is -0.142. The highest BCUT2D eigenvalue weighted by Gasteiger charge is 2.06. The molecule has 0 saturated carbocycles. The summed E-state index contributed by atoms with van der Waals surface area (Å²) in [5, 5.41) is 8.91. The van der Waals surface area contributed by atoms with Crippen LogP contribution >= 0.6 is 0 Å². The number of rotatable bonds is 8. The Morgan fingerprint density at radius 3 is 1.96 bits per heavy atom. The molecule has 132 valence electrons.